The zero-order valence-corrected chi connectivity index (χ0v) is 11.0. The standard InChI is InChI=1S/C14H22N4/c15-11-13(7-3-1-4-8-13)17-18-14(12-16)9-5-2-6-10-14/h17-18H,1-10H2. The van der Waals surface area contributed by atoms with Gasteiger partial charge in [-0.1, -0.05) is 38.5 Å². The number of nitrogens with zero attached hydrogens (tertiary/aromatic N) is 2. The number of hydrogen-bond acceptors (Lipinski definition) is 4. The Bertz CT molecular complexity index is 315. The van der Waals surface area contributed by atoms with Crippen molar-refractivity contribution in [3.8, 4) is 12.1 Å². The van der Waals surface area contributed by atoms with Gasteiger partial charge in [0, 0.05) is 0 Å². The van der Waals surface area contributed by atoms with Crippen LogP contribution in [-0.4, -0.2) is 11.1 Å². The number of nitriles is 2. The molecule has 98 valence electrons. The summed E-state index contributed by atoms with van der Waals surface area (Å²) in [6, 6.07) is 4.83. The van der Waals surface area contributed by atoms with Gasteiger partial charge < -0.3 is 0 Å². The SMILES string of the molecule is N#CC1(NNC2(C#N)CCCCC2)CCCCC1. The summed E-state index contributed by atoms with van der Waals surface area (Å²) in [5.74, 6) is 0. The van der Waals surface area contributed by atoms with Crippen molar-refractivity contribution in [3.63, 3.8) is 0 Å². The van der Waals surface area contributed by atoms with Crippen LogP contribution in [0.2, 0.25) is 0 Å². The average Bonchev–Trinajstić information content (AvgIpc) is 2.47. The number of hydrogen-bond donors (Lipinski definition) is 2. The summed E-state index contributed by atoms with van der Waals surface area (Å²) in [5.41, 5.74) is 5.51. The molecule has 0 aromatic heterocycles. The van der Waals surface area contributed by atoms with E-state index in [1.54, 1.807) is 0 Å². The van der Waals surface area contributed by atoms with Gasteiger partial charge in [0.05, 0.1) is 12.1 Å². The molecule has 0 atom stereocenters. The first-order chi connectivity index (χ1) is 8.74. The molecule has 0 aromatic carbocycles. The van der Waals surface area contributed by atoms with Crippen molar-refractivity contribution < 1.29 is 0 Å². The Labute approximate surface area is 109 Å². The van der Waals surface area contributed by atoms with Crippen LogP contribution in [0.15, 0.2) is 0 Å². The van der Waals surface area contributed by atoms with Crippen LogP contribution in [0, 0.1) is 22.7 Å². The molecule has 0 saturated heterocycles. The van der Waals surface area contributed by atoms with Gasteiger partial charge >= 0.3 is 0 Å². The van der Waals surface area contributed by atoms with Crippen molar-refractivity contribution in [1.29, 1.82) is 10.5 Å². The van der Waals surface area contributed by atoms with Gasteiger partial charge in [0.1, 0.15) is 11.1 Å². The highest BCUT2D eigenvalue weighted by molar-refractivity contribution is 5.12. The van der Waals surface area contributed by atoms with E-state index in [4.69, 9.17) is 0 Å². The lowest BCUT2D eigenvalue weighted by Gasteiger charge is -2.38. The van der Waals surface area contributed by atoms with Crippen LogP contribution in [-0.2, 0) is 0 Å². The lowest BCUT2D eigenvalue weighted by Crippen LogP contribution is -2.61. The second-order valence-corrected chi connectivity index (χ2v) is 5.76. The Morgan fingerprint density at radius 1 is 0.611 bits per heavy atom. The maximum Gasteiger partial charge on any atom is 0.119 e. The third-order valence-electron chi connectivity index (χ3n) is 4.38. The van der Waals surface area contributed by atoms with Gasteiger partial charge in [0.2, 0.25) is 0 Å². The Balaban J connectivity index is 1.96. The lowest BCUT2D eigenvalue weighted by atomic mass is 9.82. The summed E-state index contributed by atoms with van der Waals surface area (Å²) in [6.45, 7) is 0. The smallest absolute Gasteiger partial charge is 0.119 e. The summed E-state index contributed by atoms with van der Waals surface area (Å²) in [6.07, 6.45) is 10.4. The topological polar surface area (TPSA) is 71.6 Å². The lowest BCUT2D eigenvalue weighted by molar-refractivity contribution is 0.192. The van der Waals surface area contributed by atoms with Crippen LogP contribution < -0.4 is 10.9 Å². The normalized spacial score (nSPS) is 25.9. The van der Waals surface area contributed by atoms with Gasteiger partial charge in [-0.2, -0.15) is 10.5 Å². The van der Waals surface area contributed by atoms with Crippen LogP contribution in [0.3, 0.4) is 0 Å². The van der Waals surface area contributed by atoms with Gasteiger partial charge in [-0.25, -0.2) is 10.9 Å². The monoisotopic (exact) mass is 246 g/mol. The number of hydrazine groups is 1. The first kappa shape index (κ1) is 13.3. The van der Waals surface area contributed by atoms with Crippen molar-refractivity contribution in [2.24, 2.45) is 0 Å². The molecular weight excluding hydrogens is 224 g/mol. The fourth-order valence-corrected chi connectivity index (χ4v) is 3.08. The van der Waals surface area contributed by atoms with Gasteiger partial charge in [-0.15, -0.1) is 0 Å². The van der Waals surface area contributed by atoms with E-state index in [1.165, 1.54) is 12.8 Å². The van der Waals surface area contributed by atoms with E-state index in [0.29, 0.717) is 0 Å². The molecule has 0 amide bonds. The van der Waals surface area contributed by atoms with Crippen molar-refractivity contribution in [3.05, 3.63) is 0 Å². The summed E-state index contributed by atoms with van der Waals surface area (Å²) >= 11 is 0. The second-order valence-electron chi connectivity index (χ2n) is 5.76. The molecule has 0 bridgehead atoms. The molecule has 18 heavy (non-hydrogen) atoms. The molecule has 2 N–H and O–H groups in total. The first-order valence-corrected chi connectivity index (χ1v) is 7.11. The van der Waals surface area contributed by atoms with Crippen LogP contribution >= 0.6 is 0 Å². The van der Waals surface area contributed by atoms with E-state index >= 15 is 0 Å². The molecule has 2 rings (SSSR count). The molecule has 0 radical (unpaired) electrons. The highest BCUT2D eigenvalue weighted by Gasteiger charge is 2.37. The van der Waals surface area contributed by atoms with E-state index < -0.39 is 11.1 Å². The van der Waals surface area contributed by atoms with Crippen molar-refractivity contribution >= 4 is 0 Å². The molecule has 0 unspecified atom stereocenters. The highest BCUT2D eigenvalue weighted by Crippen LogP contribution is 2.30. The Kier molecular flexibility index (Phi) is 4.22. The minimum atomic E-state index is -0.459. The predicted molar refractivity (Wildman–Crippen MR) is 69.1 cm³/mol. The summed E-state index contributed by atoms with van der Waals surface area (Å²) in [4.78, 5) is 0. The predicted octanol–water partition coefficient (Wildman–Crippen LogP) is 2.53. The second kappa shape index (κ2) is 5.69. The van der Waals surface area contributed by atoms with Crippen molar-refractivity contribution in [1.82, 2.24) is 10.9 Å². The molecule has 0 aliphatic heterocycles. The maximum absolute atomic E-state index is 9.39. The Hall–Kier alpha value is -1.10. The molecule has 2 fully saturated rings. The number of rotatable bonds is 3. The molecule has 0 spiro atoms. The van der Waals surface area contributed by atoms with Crippen LogP contribution in [0.4, 0.5) is 0 Å². The van der Waals surface area contributed by atoms with Crippen LogP contribution in [0.25, 0.3) is 0 Å². The maximum atomic E-state index is 9.39. The van der Waals surface area contributed by atoms with Crippen LogP contribution in [0.5, 0.6) is 0 Å². The quantitative estimate of drug-likeness (QED) is 0.751. The molecule has 2 saturated carbocycles. The van der Waals surface area contributed by atoms with E-state index in [2.05, 4.69) is 23.0 Å². The summed E-state index contributed by atoms with van der Waals surface area (Å²) in [5, 5.41) is 18.8. The Morgan fingerprint density at radius 2 is 0.944 bits per heavy atom. The van der Waals surface area contributed by atoms with Gasteiger partial charge in [0.25, 0.3) is 0 Å². The van der Waals surface area contributed by atoms with Crippen LogP contribution in [0.1, 0.15) is 64.2 Å². The van der Waals surface area contributed by atoms with E-state index in [1.807, 2.05) is 0 Å². The molecule has 2 aliphatic carbocycles. The average molecular weight is 246 g/mol. The van der Waals surface area contributed by atoms with Gasteiger partial charge in [-0.3, -0.25) is 0 Å². The number of nitrogens with one attached hydrogen (secondary N) is 2. The molecule has 2 aliphatic rings. The zero-order chi connectivity index (χ0) is 12.9. The Morgan fingerprint density at radius 3 is 1.22 bits per heavy atom. The zero-order valence-electron chi connectivity index (χ0n) is 11.0. The molecule has 4 nitrogen and oxygen atoms in total. The molecule has 4 heteroatoms. The van der Waals surface area contributed by atoms with E-state index in [9.17, 15) is 10.5 Å². The highest BCUT2D eigenvalue weighted by atomic mass is 15.4. The summed E-state index contributed by atoms with van der Waals surface area (Å²) < 4.78 is 0. The minimum Gasteiger partial charge on any atom is -0.236 e. The largest absolute Gasteiger partial charge is 0.236 e. The van der Waals surface area contributed by atoms with E-state index in [-0.39, 0.29) is 0 Å². The third kappa shape index (κ3) is 2.83. The first-order valence-electron chi connectivity index (χ1n) is 7.11. The van der Waals surface area contributed by atoms with Gasteiger partial charge in [-0.05, 0) is 25.7 Å². The van der Waals surface area contributed by atoms with Crippen molar-refractivity contribution in [2.45, 2.75) is 75.3 Å². The van der Waals surface area contributed by atoms with E-state index in [0.717, 1.165) is 51.4 Å². The molecular formula is C14H22N4. The minimum absolute atomic E-state index is 0.459. The van der Waals surface area contributed by atoms with Crippen molar-refractivity contribution in [2.75, 3.05) is 0 Å². The fraction of sp³-hybridized carbons (Fsp3) is 0.857. The summed E-state index contributed by atoms with van der Waals surface area (Å²) in [7, 11) is 0. The molecule has 0 aromatic rings. The molecule has 0 heterocycles. The third-order valence-corrected chi connectivity index (χ3v) is 4.38. The van der Waals surface area contributed by atoms with Gasteiger partial charge in [0.15, 0.2) is 0 Å². The fourth-order valence-electron chi connectivity index (χ4n) is 3.08.